The number of benzene rings is 2. The summed E-state index contributed by atoms with van der Waals surface area (Å²) in [7, 11) is -2.46. The number of hydrazone groups is 1. The molecule has 0 aliphatic rings. The van der Waals surface area contributed by atoms with E-state index in [2.05, 4.69) is 5.10 Å². The first-order chi connectivity index (χ1) is 11.9. The molecule has 0 aliphatic carbocycles. The third-order valence-corrected chi connectivity index (χ3v) is 5.39. The summed E-state index contributed by atoms with van der Waals surface area (Å²) >= 11 is 0. The number of para-hydroxylation sites is 1. The summed E-state index contributed by atoms with van der Waals surface area (Å²) in [5, 5.41) is 4.31. The van der Waals surface area contributed by atoms with Crippen LogP contribution in [0, 0.1) is 6.92 Å². The SMILES string of the molecule is Cc1ccc(S(=O)(=O)N(C)N=Cc2coc3ccccc3c2=O)cc1. The van der Waals surface area contributed by atoms with Crippen molar-refractivity contribution >= 4 is 27.2 Å². The molecular weight excluding hydrogens is 340 g/mol. The molecule has 0 spiro atoms. The van der Waals surface area contributed by atoms with Crippen molar-refractivity contribution in [2.75, 3.05) is 7.05 Å². The molecule has 0 radical (unpaired) electrons. The maximum atomic E-state index is 12.5. The van der Waals surface area contributed by atoms with Gasteiger partial charge >= 0.3 is 0 Å². The van der Waals surface area contributed by atoms with Gasteiger partial charge in [-0.25, -0.2) is 0 Å². The standard InChI is InChI=1S/C18H16N2O4S/c1-13-7-9-15(10-8-13)25(22,23)20(2)19-11-14-12-24-17-6-4-3-5-16(17)18(14)21/h3-12H,1-2H3. The van der Waals surface area contributed by atoms with E-state index in [1.54, 1.807) is 36.4 Å². The minimum atomic E-state index is -3.78. The third-order valence-electron chi connectivity index (χ3n) is 3.73. The van der Waals surface area contributed by atoms with Crippen LogP contribution in [0.2, 0.25) is 0 Å². The zero-order chi connectivity index (χ0) is 18.0. The lowest BCUT2D eigenvalue weighted by molar-refractivity contribution is 0.490. The van der Waals surface area contributed by atoms with Crippen LogP contribution in [0.3, 0.4) is 0 Å². The monoisotopic (exact) mass is 356 g/mol. The van der Waals surface area contributed by atoms with Crippen LogP contribution in [0.1, 0.15) is 11.1 Å². The Bertz CT molecular complexity index is 1100. The minimum Gasteiger partial charge on any atom is -0.463 e. The maximum Gasteiger partial charge on any atom is 0.278 e. The van der Waals surface area contributed by atoms with Gasteiger partial charge in [-0.15, -0.1) is 0 Å². The van der Waals surface area contributed by atoms with Gasteiger partial charge in [-0.05, 0) is 31.2 Å². The number of aryl methyl sites for hydroxylation is 1. The highest BCUT2D eigenvalue weighted by Crippen LogP contribution is 2.15. The van der Waals surface area contributed by atoms with Gasteiger partial charge in [0.2, 0.25) is 5.43 Å². The first-order valence-electron chi connectivity index (χ1n) is 7.50. The predicted molar refractivity (Wildman–Crippen MR) is 96.2 cm³/mol. The van der Waals surface area contributed by atoms with Gasteiger partial charge in [0.25, 0.3) is 10.0 Å². The van der Waals surface area contributed by atoms with Crippen LogP contribution in [0.5, 0.6) is 0 Å². The molecular formula is C18H16N2O4S. The quantitative estimate of drug-likeness (QED) is 0.532. The van der Waals surface area contributed by atoms with Crippen LogP contribution in [0.15, 0.2) is 74.0 Å². The van der Waals surface area contributed by atoms with E-state index >= 15 is 0 Å². The predicted octanol–water partition coefficient (Wildman–Crippen LogP) is 2.76. The molecule has 7 heteroatoms. The van der Waals surface area contributed by atoms with Crippen LogP contribution in [-0.4, -0.2) is 26.1 Å². The van der Waals surface area contributed by atoms with Gasteiger partial charge < -0.3 is 4.42 Å². The van der Waals surface area contributed by atoms with E-state index in [4.69, 9.17) is 4.42 Å². The van der Waals surface area contributed by atoms with Crippen molar-refractivity contribution in [3.8, 4) is 0 Å². The molecule has 0 atom stereocenters. The van der Waals surface area contributed by atoms with Crippen molar-refractivity contribution in [3.05, 3.63) is 76.1 Å². The highest BCUT2D eigenvalue weighted by Gasteiger charge is 2.19. The van der Waals surface area contributed by atoms with E-state index in [0.717, 1.165) is 9.98 Å². The molecule has 0 saturated heterocycles. The Kier molecular flexibility index (Phi) is 4.41. The molecule has 0 amide bonds. The van der Waals surface area contributed by atoms with Gasteiger partial charge in [0.1, 0.15) is 11.8 Å². The first-order valence-corrected chi connectivity index (χ1v) is 8.94. The second-order valence-corrected chi connectivity index (χ2v) is 7.46. The van der Waals surface area contributed by atoms with Crippen LogP contribution in [-0.2, 0) is 10.0 Å². The third kappa shape index (κ3) is 3.32. The van der Waals surface area contributed by atoms with Crippen LogP contribution < -0.4 is 5.43 Å². The van der Waals surface area contributed by atoms with E-state index in [0.29, 0.717) is 11.0 Å². The van der Waals surface area contributed by atoms with Crippen molar-refractivity contribution in [3.63, 3.8) is 0 Å². The normalized spacial score (nSPS) is 11.9. The molecule has 0 saturated carbocycles. The molecule has 3 rings (SSSR count). The fourth-order valence-corrected chi connectivity index (χ4v) is 3.21. The molecule has 0 N–H and O–H groups in total. The highest BCUT2D eigenvalue weighted by atomic mass is 32.2. The maximum absolute atomic E-state index is 12.5. The molecule has 3 aromatic rings. The molecule has 1 heterocycles. The molecule has 0 unspecified atom stereocenters. The van der Waals surface area contributed by atoms with Crippen molar-refractivity contribution in [1.82, 2.24) is 4.41 Å². The Balaban J connectivity index is 1.92. The summed E-state index contributed by atoms with van der Waals surface area (Å²) in [5.74, 6) is 0. The molecule has 0 fully saturated rings. The first kappa shape index (κ1) is 16.9. The van der Waals surface area contributed by atoms with Gasteiger partial charge in [0.05, 0.1) is 22.1 Å². The lowest BCUT2D eigenvalue weighted by atomic mass is 10.2. The fourth-order valence-electron chi connectivity index (χ4n) is 2.25. The van der Waals surface area contributed by atoms with Crippen LogP contribution in [0.25, 0.3) is 11.0 Å². The Morgan fingerprint density at radius 3 is 2.48 bits per heavy atom. The lowest BCUT2D eigenvalue weighted by Gasteiger charge is -2.13. The van der Waals surface area contributed by atoms with E-state index in [1.165, 1.54) is 31.7 Å². The van der Waals surface area contributed by atoms with Gasteiger partial charge in [-0.2, -0.15) is 17.9 Å². The number of sulfonamides is 1. The Labute approximate surface area is 145 Å². The smallest absolute Gasteiger partial charge is 0.278 e. The largest absolute Gasteiger partial charge is 0.463 e. The van der Waals surface area contributed by atoms with Crippen molar-refractivity contribution in [1.29, 1.82) is 0 Å². The van der Waals surface area contributed by atoms with Crippen molar-refractivity contribution < 1.29 is 12.8 Å². The number of rotatable bonds is 4. The zero-order valence-electron chi connectivity index (χ0n) is 13.7. The average molecular weight is 356 g/mol. The molecule has 6 nitrogen and oxygen atoms in total. The summed E-state index contributed by atoms with van der Waals surface area (Å²) in [6, 6.07) is 13.3. The van der Waals surface area contributed by atoms with E-state index in [-0.39, 0.29) is 15.9 Å². The average Bonchev–Trinajstić information content (AvgIpc) is 2.61. The molecule has 128 valence electrons. The van der Waals surface area contributed by atoms with Crippen molar-refractivity contribution in [2.24, 2.45) is 5.10 Å². The minimum absolute atomic E-state index is 0.128. The van der Waals surface area contributed by atoms with Gasteiger partial charge in [-0.1, -0.05) is 29.8 Å². The fraction of sp³-hybridized carbons (Fsp3) is 0.111. The molecule has 25 heavy (non-hydrogen) atoms. The van der Waals surface area contributed by atoms with E-state index in [1.807, 2.05) is 6.92 Å². The number of fused-ring (bicyclic) bond motifs is 1. The van der Waals surface area contributed by atoms with Gasteiger partial charge in [0.15, 0.2) is 0 Å². The summed E-state index contributed by atoms with van der Waals surface area (Å²) in [6.45, 7) is 1.87. The number of hydrogen-bond donors (Lipinski definition) is 0. The summed E-state index contributed by atoms with van der Waals surface area (Å²) < 4.78 is 31.2. The van der Waals surface area contributed by atoms with Crippen molar-refractivity contribution in [2.45, 2.75) is 11.8 Å². The topological polar surface area (TPSA) is 80.0 Å². The Morgan fingerprint density at radius 1 is 1.08 bits per heavy atom. The highest BCUT2D eigenvalue weighted by molar-refractivity contribution is 7.89. The Hall–Kier alpha value is -2.93. The molecule has 2 aromatic carbocycles. The van der Waals surface area contributed by atoms with Crippen LogP contribution >= 0.6 is 0 Å². The zero-order valence-corrected chi connectivity index (χ0v) is 14.5. The summed E-state index contributed by atoms with van der Waals surface area (Å²) in [4.78, 5) is 12.5. The second kappa shape index (κ2) is 6.52. The molecule has 1 aromatic heterocycles. The number of nitrogens with zero attached hydrogens (tertiary/aromatic N) is 2. The second-order valence-electron chi connectivity index (χ2n) is 5.51. The van der Waals surface area contributed by atoms with Crippen LogP contribution in [0.4, 0.5) is 0 Å². The van der Waals surface area contributed by atoms with Gasteiger partial charge in [0, 0.05) is 7.05 Å². The molecule has 0 aliphatic heterocycles. The van der Waals surface area contributed by atoms with Gasteiger partial charge in [-0.3, -0.25) is 4.79 Å². The lowest BCUT2D eigenvalue weighted by Crippen LogP contribution is -2.22. The Morgan fingerprint density at radius 2 is 1.76 bits per heavy atom. The van der Waals surface area contributed by atoms with E-state index < -0.39 is 10.0 Å². The summed E-state index contributed by atoms with van der Waals surface area (Å²) in [6.07, 6.45) is 2.45. The van der Waals surface area contributed by atoms with E-state index in [9.17, 15) is 13.2 Å². The molecule has 0 bridgehead atoms. The number of hydrogen-bond acceptors (Lipinski definition) is 5. The summed E-state index contributed by atoms with van der Waals surface area (Å²) in [5.41, 5.74) is 1.32.